The van der Waals surface area contributed by atoms with E-state index in [2.05, 4.69) is 16.8 Å². The minimum atomic E-state index is 0.459. The van der Waals surface area contributed by atoms with E-state index in [0.29, 0.717) is 11.7 Å². The van der Waals surface area contributed by atoms with E-state index < -0.39 is 0 Å². The molecule has 0 aliphatic heterocycles. The van der Waals surface area contributed by atoms with Gasteiger partial charge in [0.25, 0.3) is 0 Å². The molecule has 0 radical (unpaired) electrons. The van der Waals surface area contributed by atoms with Crippen molar-refractivity contribution in [1.82, 2.24) is 0 Å². The number of aryl methyl sites for hydroxylation is 1. The van der Waals surface area contributed by atoms with Gasteiger partial charge in [-0.3, -0.25) is 4.79 Å². The van der Waals surface area contributed by atoms with Crippen molar-refractivity contribution in [2.24, 2.45) is 17.8 Å². The maximum absolute atomic E-state index is 12.1. The van der Waals surface area contributed by atoms with E-state index in [9.17, 15) is 4.79 Å². The van der Waals surface area contributed by atoms with Crippen LogP contribution in [0, 0.1) is 17.8 Å². The Hall–Kier alpha value is -0.630. The lowest BCUT2D eigenvalue weighted by atomic mass is 10.0. The lowest BCUT2D eigenvalue weighted by Crippen LogP contribution is -2.04. The minimum Gasteiger partial charge on any atom is -0.299 e. The highest BCUT2D eigenvalue weighted by Crippen LogP contribution is 2.56. The lowest BCUT2D eigenvalue weighted by molar-refractivity contribution is -0.120. The van der Waals surface area contributed by atoms with Crippen LogP contribution in [0.3, 0.4) is 0 Å². The highest BCUT2D eigenvalue weighted by Gasteiger charge is 2.53. The number of hydrogen-bond acceptors (Lipinski definition) is 2. The van der Waals surface area contributed by atoms with E-state index in [1.807, 2.05) is 0 Å². The van der Waals surface area contributed by atoms with E-state index in [4.69, 9.17) is 0 Å². The fourth-order valence-electron chi connectivity index (χ4n) is 3.34. The second-order valence-corrected chi connectivity index (χ2v) is 6.02. The lowest BCUT2D eigenvalue weighted by Gasteiger charge is -2.04. The summed E-state index contributed by atoms with van der Waals surface area (Å²) < 4.78 is 0. The number of rotatable bonds is 4. The second-order valence-electron chi connectivity index (χ2n) is 5.24. The Morgan fingerprint density at radius 3 is 2.69 bits per heavy atom. The van der Waals surface area contributed by atoms with Gasteiger partial charge in [-0.15, -0.1) is 0 Å². The highest BCUT2D eigenvalue weighted by molar-refractivity contribution is 7.07. The molecular weight excluding hydrogens is 216 g/mol. The van der Waals surface area contributed by atoms with Crippen molar-refractivity contribution in [2.45, 2.75) is 38.5 Å². The summed E-state index contributed by atoms with van der Waals surface area (Å²) >= 11 is 1.72. The summed E-state index contributed by atoms with van der Waals surface area (Å²) in [5, 5.41) is 4.25. The summed E-state index contributed by atoms with van der Waals surface area (Å²) in [6.45, 7) is 0. The smallest absolute Gasteiger partial charge is 0.136 e. The number of thiophene rings is 1. The van der Waals surface area contributed by atoms with Crippen molar-refractivity contribution in [3.63, 3.8) is 0 Å². The molecule has 2 atom stereocenters. The molecule has 86 valence electrons. The van der Waals surface area contributed by atoms with Crippen LogP contribution in [-0.4, -0.2) is 5.78 Å². The van der Waals surface area contributed by atoms with Crippen molar-refractivity contribution in [3.8, 4) is 0 Å². The summed E-state index contributed by atoms with van der Waals surface area (Å²) in [6.07, 6.45) is 7.08. The monoisotopic (exact) mass is 234 g/mol. The molecular formula is C14H18OS. The maximum atomic E-state index is 12.1. The molecule has 0 amide bonds. The molecule has 3 rings (SSSR count). The van der Waals surface area contributed by atoms with Gasteiger partial charge in [-0.05, 0) is 53.5 Å². The van der Waals surface area contributed by atoms with Gasteiger partial charge in [0.2, 0.25) is 0 Å². The maximum Gasteiger partial charge on any atom is 0.136 e. The number of carbonyl (C=O) groups excluding carboxylic acids is 1. The number of hydrogen-bond donors (Lipinski definition) is 0. The van der Waals surface area contributed by atoms with Crippen LogP contribution in [-0.2, 0) is 11.2 Å². The number of carbonyl (C=O) groups is 1. The molecule has 0 saturated heterocycles. The van der Waals surface area contributed by atoms with Crippen molar-refractivity contribution >= 4 is 17.1 Å². The summed E-state index contributed by atoms with van der Waals surface area (Å²) in [6, 6.07) is 2.14. The number of fused-ring (bicyclic) bond motifs is 1. The summed E-state index contributed by atoms with van der Waals surface area (Å²) in [5.41, 5.74) is 1.34. The van der Waals surface area contributed by atoms with E-state index >= 15 is 0 Å². The zero-order valence-electron chi connectivity index (χ0n) is 9.52. The van der Waals surface area contributed by atoms with Crippen LogP contribution in [0.2, 0.25) is 0 Å². The van der Waals surface area contributed by atoms with Crippen LogP contribution >= 0.6 is 11.3 Å². The van der Waals surface area contributed by atoms with Crippen LogP contribution in [0.5, 0.6) is 0 Å². The predicted molar refractivity (Wildman–Crippen MR) is 66.6 cm³/mol. The van der Waals surface area contributed by atoms with E-state index in [1.54, 1.807) is 11.3 Å². The van der Waals surface area contributed by atoms with Crippen molar-refractivity contribution in [1.29, 1.82) is 0 Å². The van der Waals surface area contributed by atoms with Crippen LogP contribution in [0.25, 0.3) is 0 Å². The Balaban J connectivity index is 1.51. The Kier molecular flexibility index (Phi) is 2.84. The molecule has 1 aromatic heterocycles. The third kappa shape index (κ3) is 1.95. The van der Waals surface area contributed by atoms with Gasteiger partial charge in [-0.2, -0.15) is 11.3 Å². The molecule has 2 saturated carbocycles. The third-order valence-corrected chi connectivity index (χ3v) is 5.00. The Bertz CT molecular complexity index is 356. The first-order valence-electron chi connectivity index (χ1n) is 6.40. The van der Waals surface area contributed by atoms with Gasteiger partial charge in [0.15, 0.2) is 0 Å². The number of ketones is 1. The summed E-state index contributed by atoms with van der Waals surface area (Å²) in [7, 11) is 0. The van der Waals surface area contributed by atoms with Gasteiger partial charge >= 0.3 is 0 Å². The van der Waals surface area contributed by atoms with E-state index in [0.717, 1.165) is 24.7 Å². The molecule has 1 aromatic rings. The molecule has 0 spiro atoms. The number of Topliss-reactive ketones (excluding diaryl/α,β-unsaturated/α-hetero) is 1. The standard InChI is InChI=1S/C14H18OS/c15-13(6-5-10-7-8-16-9-10)14-11-3-1-2-4-12(11)14/h7-9,11-12,14H,1-6H2. The Morgan fingerprint density at radius 2 is 2.06 bits per heavy atom. The highest BCUT2D eigenvalue weighted by atomic mass is 32.1. The fraction of sp³-hybridized carbons (Fsp3) is 0.643. The molecule has 2 unspecified atom stereocenters. The summed E-state index contributed by atoms with van der Waals surface area (Å²) in [5.74, 6) is 2.57. The fourth-order valence-corrected chi connectivity index (χ4v) is 4.04. The van der Waals surface area contributed by atoms with E-state index in [-0.39, 0.29) is 0 Å². The minimum absolute atomic E-state index is 0.459. The van der Waals surface area contributed by atoms with Crippen LogP contribution in [0.4, 0.5) is 0 Å². The Morgan fingerprint density at radius 1 is 1.31 bits per heavy atom. The van der Waals surface area contributed by atoms with Gasteiger partial charge in [0.05, 0.1) is 0 Å². The van der Waals surface area contributed by atoms with Crippen molar-refractivity contribution in [3.05, 3.63) is 22.4 Å². The van der Waals surface area contributed by atoms with Gasteiger partial charge < -0.3 is 0 Å². The molecule has 0 N–H and O–H groups in total. The second kappa shape index (κ2) is 4.33. The molecule has 2 aliphatic rings. The van der Waals surface area contributed by atoms with Crippen LogP contribution in [0.1, 0.15) is 37.7 Å². The quantitative estimate of drug-likeness (QED) is 0.776. The van der Waals surface area contributed by atoms with Crippen molar-refractivity contribution in [2.75, 3.05) is 0 Å². The van der Waals surface area contributed by atoms with Gasteiger partial charge in [0, 0.05) is 12.3 Å². The zero-order valence-corrected chi connectivity index (χ0v) is 10.3. The summed E-state index contributed by atoms with van der Waals surface area (Å²) in [4.78, 5) is 12.1. The first kappa shape index (κ1) is 10.5. The normalized spacial score (nSPS) is 32.1. The molecule has 2 aliphatic carbocycles. The Labute approximate surface area is 101 Å². The first-order valence-corrected chi connectivity index (χ1v) is 7.34. The van der Waals surface area contributed by atoms with Gasteiger partial charge in [0.1, 0.15) is 5.78 Å². The SMILES string of the molecule is O=C(CCc1ccsc1)C1C2CCCCC21. The van der Waals surface area contributed by atoms with Crippen molar-refractivity contribution < 1.29 is 4.79 Å². The molecule has 2 heteroatoms. The topological polar surface area (TPSA) is 17.1 Å². The van der Waals surface area contributed by atoms with Gasteiger partial charge in [-0.25, -0.2) is 0 Å². The molecule has 16 heavy (non-hydrogen) atoms. The van der Waals surface area contributed by atoms with Crippen LogP contribution in [0.15, 0.2) is 16.8 Å². The zero-order chi connectivity index (χ0) is 11.0. The first-order chi connectivity index (χ1) is 7.86. The largest absolute Gasteiger partial charge is 0.299 e. The molecule has 1 nitrogen and oxygen atoms in total. The van der Waals surface area contributed by atoms with Gasteiger partial charge in [-0.1, -0.05) is 12.8 Å². The predicted octanol–water partition coefficient (Wildman–Crippen LogP) is 3.69. The average Bonchev–Trinajstić information content (AvgIpc) is 2.80. The molecule has 0 aromatic carbocycles. The molecule has 2 fully saturated rings. The third-order valence-electron chi connectivity index (χ3n) is 4.27. The van der Waals surface area contributed by atoms with E-state index in [1.165, 1.54) is 31.2 Å². The van der Waals surface area contributed by atoms with Crippen LogP contribution < -0.4 is 0 Å². The molecule has 1 heterocycles. The molecule has 0 bridgehead atoms. The average molecular weight is 234 g/mol.